The summed E-state index contributed by atoms with van der Waals surface area (Å²) in [7, 11) is 1.62. The second kappa shape index (κ2) is 5.93. The fourth-order valence-electron chi connectivity index (χ4n) is 2.88. The number of hydrogen-bond acceptors (Lipinski definition) is 4. The highest BCUT2D eigenvalue weighted by Crippen LogP contribution is 2.35. The van der Waals surface area contributed by atoms with Crippen LogP contribution in [0, 0.1) is 16.2 Å². The lowest BCUT2D eigenvalue weighted by atomic mass is 10.1. The maximum Gasteiger partial charge on any atom is 0.120 e. The molecule has 1 heterocycles. The van der Waals surface area contributed by atoms with Crippen LogP contribution in [-0.2, 0) is 6.54 Å². The van der Waals surface area contributed by atoms with Gasteiger partial charge in [0, 0.05) is 18.0 Å². The van der Waals surface area contributed by atoms with E-state index < -0.39 is 0 Å². The lowest BCUT2D eigenvalue weighted by Crippen LogP contribution is -1.97. The first-order valence-corrected chi connectivity index (χ1v) is 7.27. The van der Waals surface area contributed by atoms with Gasteiger partial charge in [0.1, 0.15) is 17.5 Å². The minimum atomic E-state index is 0.369. The number of hydrogen-bond donors (Lipinski definition) is 0. The van der Waals surface area contributed by atoms with Gasteiger partial charge in [-0.05, 0) is 41.9 Å². The number of rotatable bonds is 4. The Morgan fingerprint density at radius 1 is 1.22 bits per heavy atom. The number of nitrogens with zero attached hydrogens (tertiary/aromatic N) is 3. The summed E-state index contributed by atoms with van der Waals surface area (Å²) in [5, 5.41) is 13.5. The number of aromatic nitrogens is 1. The summed E-state index contributed by atoms with van der Waals surface area (Å²) in [6.45, 7) is 2.75. The van der Waals surface area contributed by atoms with Gasteiger partial charge in [-0.3, -0.25) is 0 Å². The summed E-state index contributed by atoms with van der Waals surface area (Å²) in [5.74, 6) is 0.751. The van der Waals surface area contributed by atoms with Gasteiger partial charge < -0.3 is 9.30 Å². The summed E-state index contributed by atoms with van der Waals surface area (Å²) in [6, 6.07) is 14.9. The minimum absolute atomic E-state index is 0.369. The number of nitriles is 1. The molecular weight excluding hydrogens is 290 g/mol. The van der Waals surface area contributed by atoms with Crippen LogP contribution in [0.3, 0.4) is 0 Å². The Hall–Kier alpha value is -3.13. The fourth-order valence-corrected chi connectivity index (χ4v) is 2.88. The molecule has 0 spiro atoms. The molecule has 5 nitrogen and oxygen atoms in total. The average molecular weight is 305 g/mol. The molecule has 0 atom stereocenters. The molecule has 0 unspecified atom stereocenters. The molecule has 0 bridgehead atoms. The van der Waals surface area contributed by atoms with Crippen LogP contribution in [0.1, 0.15) is 12.5 Å². The van der Waals surface area contributed by atoms with Gasteiger partial charge in [0.15, 0.2) is 0 Å². The Kier molecular flexibility index (Phi) is 3.82. The molecule has 2 aromatic carbocycles. The molecule has 3 aromatic rings. The highest BCUT2D eigenvalue weighted by molar-refractivity contribution is 5.95. The van der Waals surface area contributed by atoms with E-state index in [2.05, 4.69) is 15.8 Å². The van der Waals surface area contributed by atoms with Crippen LogP contribution < -0.4 is 4.74 Å². The normalized spacial score (nSPS) is 10.5. The highest BCUT2D eigenvalue weighted by atomic mass is 16.5. The van der Waals surface area contributed by atoms with E-state index in [4.69, 9.17) is 4.74 Å². The molecule has 5 heteroatoms. The molecule has 1 aromatic heterocycles. The Morgan fingerprint density at radius 3 is 2.52 bits per heavy atom. The molecule has 23 heavy (non-hydrogen) atoms. The van der Waals surface area contributed by atoms with Crippen molar-refractivity contribution in [1.29, 1.82) is 5.26 Å². The first-order valence-electron chi connectivity index (χ1n) is 7.27. The van der Waals surface area contributed by atoms with Crippen LogP contribution in [0.15, 0.2) is 47.6 Å². The maximum atomic E-state index is 10.6. The van der Waals surface area contributed by atoms with Gasteiger partial charge in [0.25, 0.3) is 0 Å². The van der Waals surface area contributed by atoms with Crippen LogP contribution in [0.5, 0.6) is 5.75 Å². The van der Waals surface area contributed by atoms with Crippen molar-refractivity contribution in [2.75, 3.05) is 7.11 Å². The number of ether oxygens (including phenoxy) is 1. The van der Waals surface area contributed by atoms with Crippen molar-refractivity contribution in [3.8, 4) is 23.1 Å². The second-order valence-electron chi connectivity index (χ2n) is 5.10. The molecule has 0 amide bonds. The summed E-state index contributed by atoms with van der Waals surface area (Å²) >= 11 is 0. The lowest BCUT2D eigenvalue weighted by Gasteiger charge is -2.09. The number of methoxy groups -OCH3 is 1. The van der Waals surface area contributed by atoms with E-state index in [1.807, 2.05) is 37.3 Å². The fraction of sp³-hybridized carbons (Fsp3) is 0.167. The predicted octanol–water partition coefficient (Wildman–Crippen LogP) is 4.61. The van der Waals surface area contributed by atoms with E-state index in [1.165, 1.54) is 0 Å². The van der Waals surface area contributed by atoms with Crippen LogP contribution in [0.2, 0.25) is 0 Å². The monoisotopic (exact) mass is 305 g/mol. The molecule has 0 N–H and O–H groups in total. The Labute approximate surface area is 133 Å². The van der Waals surface area contributed by atoms with E-state index in [0.29, 0.717) is 17.8 Å². The molecule has 3 rings (SSSR count). The average Bonchev–Trinajstić information content (AvgIpc) is 2.94. The zero-order chi connectivity index (χ0) is 16.4. The standard InChI is InChI=1S/C18H15N3O2/c1-3-21-17-10-14(23-2)8-9-15(17)16(11-19)18(21)12-4-6-13(20-22)7-5-12/h4-10H,3H2,1-2H3. The quantitative estimate of drug-likeness (QED) is 0.661. The van der Waals surface area contributed by atoms with E-state index in [0.717, 1.165) is 27.9 Å². The number of nitroso groups, excluding NO2 is 1. The lowest BCUT2D eigenvalue weighted by molar-refractivity contribution is 0.415. The molecule has 0 saturated carbocycles. The molecule has 0 fully saturated rings. The zero-order valence-corrected chi connectivity index (χ0v) is 12.9. The third kappa shape index (κ3) is 2.34. The van der Waals surface area contributed by atoms with Gasteiger partial charge in [-0.1, -0.05) is 12.1 Å². The van der Waals surface area contributed by atoms with Crippen molar-refractivity contribution in [1.82, 2.24) is 4.57 Å². The third-order valence-corrected chi connectivity index (χ3v) is 3.95. The van der Waals surface area contributed by atoms with Gasteiger partial charge in [0.05, 0.1) is 23.9 Å². The second-order valence-corrected chi connectivity index (χ2v) is 5.10. The molecule has 114 valence electrons. The van der Waals surface area contributed by atoms with Gasteiger partial charge in [-0.15, -0.1) is 4.91 Å². The van der Waals surface area contributed by atoms with Crippen molar-refractivity contribution in [2.45, 2.75) is 13.5 Å². The topological polar surface area (TPSA) is 67.4 Å². The number of aryl methyl sites for hydroxylation is 1. The van der Waals surface area contributed by atoms with Crippen LogP contribution in [-0.4, -0.2) is 11.7 Å². The van der Waals surface area contributed by atoms with Crippen molar-refractivity contribution < 1.29 is 4.74 Å². The highest BCUT2D eigenvalue weighted by Gasteiger charge is 2.18. The van der Waals surface area contributed by atoms with Crippen molar-refractivity contribution in [3.05, 3.63) is 52.9 Å². The summed E-state index contributed by atoms with van der Waals surface area (Å²) < 4.78 is 7.38. The number of benzene rings is 2. The molecule has 0 radical (unpaired) electrons. The zero-order valence-electron chi connectivity index (χ0n) is 12.9. The van der Waals surface area contributed by atoms with Gasteiger partial charge in [-0.2, -0.15) is 5.26 Å². The van der Waals surface area contributed by atoms with E-state index in [9.17, 15) is 10.2 Å². The largest absolute Gasteiger partial charge is 0.497 e. The van der Waals surface area contributed by atoms with Crippen LogP contribution in [0.25, 0.3) is 22.2 Å². The van der Waals surface area contributed by atoms with E-state index in [-0.39, 0.29) is 0 Å². The Morgan fingerprint density at radius 2 is 1.96 bits per heavy atom. The Bertz CT molecular complexity index is 918. The summed E-state index contributed by atoms with van der Waals surface area (Å²) in [5.41, 5.74) is 3.67. The van der Waals surface area contributed by atoms with Crippen molar-refractivity contribution >= 4 is 16.6 Å². The van der Waals surface area contributed by atoms with Crippen LogP contribution >= 0.6 is 0 Å². The van der Waals surface area contributed by atoms with E-state index in [1.54, 1.807) is 19.2 Å². The van der Waals surface area contributed by atoms with Crippen molar-refractivity contribution in [2.24, 2.45) is 5.18 Å². The number of fused-ring (bicyclic) bond motifs is 1. The Balaban J connectivity index is 2.33. The van der Waals surface area contributed by atoms with E-state index >= 15 is 0 Å². The first kappa shape index (κ1) is 14.8. The predicted molar refractivity (Wildman–Crippen MR) is 89.8 cm³/mol. The maximum absolute atomic E-state index is 10.6. The smallest absolute Gasteiger partial charge is 0.120 e. The van der Waals surface area contributed by atoms with Gasteiger partial charge >= 0.3 is 0 Å². The molecule has 0 aliphatic rings. The van der Waals surface area contributed by atoms with Crippen molar-refractivity contribution in [3.63, 3.8) is 0 Å². The summed E-state index contributed by atoms with van der Waals surface area (Å²) in [6.07, 6.45) is 0. The van der Waals surface area contributed by atoms with Crippen LogP contribution in [0.4, 0.5) is 5.69 Å². The SMILES string of the molecule is CCn1c(-c2ccc(N=O)cc2)c(C#N)c2ccc(OC)cc21. The summed E-state index contributed by atoms with van der Waals surface area (Å²) in [4.78, 5) is 10.6. The third-order valence-electron chi connectivity index (χ3n) is 3.95. The first-order chi connectivity index (χ1) is 11.2. The molecular formula is C18H15N3O2. The molecule has 0 aliphatic heterocycles. The molecule has 0 aliphatic carbocycles. The van der Waals surface area contributed by atoms with Gasteiger partial charge in [-0.25, -0.2) is 0 Å². The minimum Gasteiger partial charge on any atom is -0.497 e. The molecule has 0 saturated heterocycles. The van der Waals surface area contributed by atoms with Gasteiger partial charge in [0.2, 0.25) is 0 Å².